The number of nitro groups is 1. The molecule has 11 heavy (non-hydrogen) atoms. The first-order valence-electron chi connectivity index (χ1n) is 2.70. The van der Waals surface area contributed by atoms with Crippen molar-refractivity contribution in [2.45, 2.75) is 13.1 Å². The number of halogens is 3. The second-order valence-electron chi connectivity index (χ2n) is 1.90. The zero-order chi connectivity index (χ0) is 9.07. The molecule has 0 heterocycles. The van der Waals surface area contributed by atoms with E-state index in [0.717, 1.165) is 6.92 Å². The lowest BCUT2D eigenvalue weighted by Crippen LogP contribution is -2.10. The summed E-state index contributed by atoms with van der Waals surface area (Å²) in [7, 11) is 0. The van der Waals surface area contributed by atoms with Crippen molar-refractivity contribution >= 4 is 0 Å². The van der Waals surface area contributed by atoms with Gasteiger partial charge in [0.2, 0.25) is 6.54 Å². The molecule has 0 atom stereocenters. The Balaban J connectivity index is 4.12. The summed E-state index contributed by atoms with van der Waals surface area (Å²) in [6, 6.07) is 0. The molecule has 3 nitrogen and oxygen atoms in total. The molecule has 0 aliphatic heterocycles. The van der Waals surface area contributed by atoms with Crippen molar-refractivity contribution in [2.75, 3.05) is 6.54 Å². The largest absolute Gasteiger partial charge is 0.412 e. The molecule has 0 fully saturated rings. The molecule has 0 aliphatic carbocycles. The SMILES string of the molecule is C/C(=C\C[N+](=O)[O-])C(F)(F)F. The molecule has 0 unspecified atom stereocenters. The maximum absolute atomic E-state index is 11.6. The predicted octanol–water partition coefficient (Wildman–Crippen LogP) is 1.77. The molecule has 0 amide bonds. The van der Waals surface area contributed by atoms with Crippen molar-refractivity contribution in [1.82, 2.24) is 0 Å². The van der Waals surface area contributed by atoms with Gasteiger partial charge in [0.1, 0.15) is 0 Å². The van der Waals surface area contributed by atoms with Gasteiger partial charge in [-0.2, -0.15) is 13.2 Å². The van der Waals surface area contributed by atoms with Crippen LogP contribution in [0.2, 0.25) is 0 Å². The summed E-state index contributed by atoms with van der Waals surface area (Å²) in [5, 5.41) is 9.62. The summed E-state index contributed by atoms with van der Waals surface area (Å²) in [5.41, 5.74) is -0.936. The van der Waals surface area contributed by atoms with Gasteiger partial charge in [0.15, 0.2) is 0 Å². The smallest absolute Gasteiger partial charge is 0.264 e. The van der Waals surface area contributed by atoms with E-state index in [9.17, 15) is 23.3 Å². The van der Waals surface area contributed by atoms with Crippen LogP contribution in [0.1, 0.15) is 6.92 Å². The van der Waals surface area contributed by atoms with E-state index in [1.165, 1.54) is 0 Å². The predicted molar refractivity (Wildman–Crippen MR) is 31.7 cm³/mol. The molecule has 64 valence electrons. The molecule has 0 rings (SSSR count). The van der Waals surface area contributed by atoms with Crippen LogP contribution in [0.15, 0.2) is 11.6 Å². The van der Waals surface area contributed by atoms with E-state index < -0.39 is 23.2 Å². The highest BCUT2D eigenvalue weighted by molar-refractivity contribution is 5.04. The van der Waals surface area contributed by atoms with E-state index in [1.807, 2.05) is 0 Å². The lowest BCUT2D eigenvalue weighted by atomic mass is 10.3. The van der Waals surface area contributed by atoms with Crippen molar-refractivity contribution in [3.05, 3.63) is 21.8 Å². The van der Waals surface area contributed by atoms with Gasteiger partial charge in [0.25, 0.3) is 0 Å². The van der Waals surface area contributed by atoms with Gasteiger partial charge in [-0.25, -0.2) is 0 Å². The first kappa shape index (κ1) is 9.93. The van der Waals surface area contributed by atoms with Crippen LogP contribution < -0.4 is 0 Å². The van der Waals surface area contributed by atoms with Crippen LogP contribution in [0.25, 0.3) is 0 Å². The van der Waals surface area contributed by atoms with E-state index in [-0.39, 0.29) is 0 Å². The van der Waals surface area contributed by atoms with Crippen molar-refractivity contribution in [3.8, 4) is 0 Å². The van der Waals surface area contributed by atoms with Crippen molar-refractivity contribution in [1.29, 1.82) is 0 Å². The Morgan fingerprint density at radius 1 is 1.64 bits per heavy atom. The zero-order valence-corrected chi connectivity index (χ0v) is 5.68. The number of hydrogen-bond donors (Lipinski definition) is 0. The van der Waals surface area contributed by atoms with E-state index in [0.29, 0.717) is 6.08 Å². The van der Waals surface area contributed by atoms with Crippen LogP contribution >= 0.6 is 0 Å². The maximum atomic E-state index is 11.6. The first-order chi connectivity index (χ1) is 4.84. The lowest BCUT2D eigenvalue weighted by Gasteiger charge is -2.03. The van der Waals surface area contributed by atoms with Gasteiger partial charge in [-0.15, -0.1) is 0 Å². The number of nitrogens with zero attached hydrogens (tertiary/aromatic N) is 1. The van der Waals surface area contributed by atoms with E-state index in [2.05, 4.69) is 0 Å². The molecule has 0 bridgehead atoms. The topological polar surface area (TPSA) is 43.1 Å². The second kappa shape index (κ2) is 3.36. The Kier molecular flexibility index (Phi) is 3.03. The van der Waals surface area contributed by atoms with Gasteiger partial charge in [-0.3, -0.25) is 10.1 Å². The number of alkyl halides is 3. The second-order valence-corrected chi connectivity index (χ2v) is 1.90. The Bertz CT molecular complexity index is 185. The summed E-state index contributed by atoms with van der Waals surface area (Å²) in [4.78, 5) is 8.80. The van der Waals surface area contributed by atoms with Gasteiger partial charge < -0.3 is 0 Å². The highest BCUT2D eigenvalue weighted by Gasteiger charge is 2.29. The molecule has 0 aliphatic rings. The van der Waals surface area contributed by atoms with Crippen LogP contribution in [-0.2, 0) is 0 Å². The standard InChI is InChI=1S/C5H6F3NO2/c1-4(5(6,7)8)2-3-9(10)11/h2H,3H2,1H3/b4-2+. The van der Waals surface area contributed by atoms with Gasteiger partial charge >= 0.3 is 6.18 Å². The number of rotatable bonds is 2. The van der Waals surface area contributed by atoms with Crippen LogP contribution in [0.3, 0.4) is 0 Å². The van der Waals surface area contributed by atoms with Crippen molar-refractivity contribution < 1.29 is 18.1 Å². The lowest BCUT2D eigenvalue weighted by molar-refractivity contribution is -0.468. The van der Waals surface area contributed by atoms with Gasteiger partial charge in [-0.05, 0) is 13.0 Å². The fraction of sp³-hybridized carbons (Fsp3) is 0.600. The zero-order valence-electron chi connectivity index (χ0n) is 5.68. The van der Waals surface area contributed by atoms with Crippen LogP contribution in [-0.4, -0.2) is 17.6 Å². The van der Waals surface area contributed by atoms with Gasteiger partial charge in [0, 0.05) is 10.5 Å². The quantitative estimate of drug-likeness (QED) is 0.359. The van der Waals surface area contributed by atoms with Crippen LogP contribution in [0.4, 0.5) is 13.2 Å². The Labute approximate surface area is 60.7 Å². The average molecular weight is 169 g/mol. The molecule has 0 aromatic rings. The minimum Gasteiger partial charge on any atom is -0.264 e. The Morgan fingerprint density at radius 3 is 2.36 bits per heavy atom. The normalized spacial score (nSPS) is 13.3. The van der Waals surface area contributed by atoms with Crippen molar-refractivity contribution in [3.63, 3.8) is 0 Å². The third-order valence-electron chi connectivity index (χ3n) is 0.994. The number of hydrogen-bond acceptors (Lipinski definition) is 2. The van der Waals surface area contributed by atoms with E-state index >= 15 is 0 Å². The fourth-order valence-corrected chi connectivity index (χ4v) is 0.327. The van der Waals surface area contributed by atoms with Crippen LogP contribution in [0.5, 0.6) is 0 Å². The van der Waals surface area contributed by atoms with E-state index in [4.69, 9.17) is 0 Å². The van der Waals surface area contributed by atoms with E-state index in [1.54, 1.807) is 0 Å². The molecular formula is C5H6F3NO2. The van der Waals surface area contributed by atoms with Crippen molar-refractivity contribution in [2.24, 2.45) is 0 Å². The molecule has 0 spiro atoms. The molecule has 6 heteroatoms. The molecule has 0 aromatic heterocycles. The van der Waals surface area contributed by atoms with Gasteiger partial charge in [-0.1, -0.05) is 0 Å². The summed E-state index contributed by atoms with van der Waals surface area (Å²) < 4.78 is 34.8. The van der Waals surface area contributed by atoms with Gasteiger partial charge in [0.05, 0.1) is 0 Å². The third-order valence-corrected chi connectivity index (χ3v) is 0.994. The molecule has 0 N–H and O–H groups in total. The molecule has 0 saturated carbocycles. The Morgan fingerprint density at radius 2 is 2.09 bits per heavy atom. The molecule has 0 aromatic carbocycles. The highest BCUT2D eigenvalue weighted by Crippen LogP contribution is 2.24. The summed E-state index contributed by atoms with van der Waals surface area (Å²) in [5.74, 6) is 0. The average Bonchev–Trinajstić information content (AvgIpc) is 1.80. The first-order valence-corrected chi connectivity index (χ1v) is 2.70. The summed E-state index contributed by atoms with van der Waals surface area (Å²) in [6.07, 6.45) is -3.91. The molecule has 0 radical (unpaired) electrons. The summed E-state index contributed by atoms with van der Waals surface area (Å²) >= 11 is 0. The summed E-state index contributed by atoms with van der Waals surface area (Å²) in [6.45, 7) is 0.00877. The molecule has 0 saturated heterocycles. The monoisotopic (exact) mass is 169 g/mol. The Hall–Kier alpha value is -1.07. The van der Waals surface area contributed by atoms with Crippen LogP contribution in [0, 0.1) is 10.1 Å². The molecular weight excluding hydrogens is 163 g/mol. The highest BCUT2D eigenvalue weighted by atomic mass is 19.4. The fourth-order valence-electron chi connectivity index (χ4n) is 0.327. The minimum absolute atomic E-state index is 0.542. The maximum Gasteiger partial charge on any atom is 0.412 e. The third kappa shape index (κ3) is 4.35. The number of allylic oxidation sites excluding steroid dienone is 1. The minimum atomic E-state index is -4.45.